The smallest absolute Gasteiger partial charge is 0.115 e. The SMILES string of the molecule is CN1CC=C(Cc2ccc(O)cc2)CC1. The number of benzene rings is 1. The van der Waals surface area contributed by atoms with Crippen molar-refractivity contribution in [1.29, 1.82) is 0 Å². The Morgan fingerprint density at radius 2 is 2.00 bits per heavy atom. The minimum absolute atomic E-state index is 0.344. The van der Waals surface area contributed by atoms with Crippen molar-refractivity contribution in [3.05, 3.63) is 41.5 Å². The van der Waals surface area contributed by atoms with E-state index >= 15 is 0 Å². The maximum absolute atomic E-state index is 9.18. The molecule has 0 amide bonds. The zero-order chi connectivity index (χ0) is 10.7. The molecule has 0 aliphatic carbocycles. The van der Waals surface area contributed by atoms with E-state index in [0.717, 1.165) is 25.9 Å². The Bertz CT molecular complexity index is 353. The van der Waals surface area contributed by atoms with Crippen LogP contribution in [0.15, 0.2) is 35.9 Å². The molecule has 1 aliphatic rings. The fourth-order valence-electron chi connectivity index (χ4n) is 1.85. The van der Waals surface area contributed by atoms with Crippen LogP contribution < -0.4 is 0 Å². The van der Waals surface area contributed by atoms with Gasteiger partial charge in [0.25, 0.3) is 0 Å². The number of phenols is 1. The lowest BCUT2D eigenvalue weighted by molar-refractivity contribution is 0.357. The maximum Gasteiger partial charge on any atom is 0.115 e. The van der Waals surface area contributed by atoms with Gasteiger partial charge < -0.3 is 10.0 Å². The number of aromatic hydroxyl groups is 1. The molecule has 1 aromatic rings. The van der Waals surface area contributed by atoms with Crippen molar-refractivity contribution in [2.75, 3.05) is 20.1 Å². The van der Waals surface area contributed by atoms with Crippen molar-refractivity contribution in [2.24, 2.45) is 0 Å². The Labute approximate surface area is 90.8 Å². The van der Waals surface area contributed by atoms with Crippen LogP contribution in [-0.2, 0) is 6.42 Å². The van der Waals surface area contributed by atoms with Gasteiger partial charge in [0.2, 0.25) is 0 Å². The highest BCUT2D eigenvalue weighted by Gasteiger charge is 2.07. The second kappa shape index (κ2) is 4.49. The lowest BCUT2D eigenvalue weighted by atomic mass is 10.00. The molecule has 0 atom stereocenters. The molecule has 0 saturated carbocycles. The van der Waals surface area contributed by atoms with E-state index in [-0.39, 0.29) is 0 Å². The van der Waals surface area contributed by atoms with Crippen LogP contribution in [0.25, 0.3) is 0 Å². The first kappa shape index (κ1) is 10.2. The quantitative estimate of drug-likeness (QED) is 0.745. The first-order valence-corrected chi connectivity index (χ1v) is 5.38. The molecule has 1 N–H and O–H groups in total. The minimum Gasteiger partial charge on any atom is -0.508 e. The van der Waals surface area contributed by atoms with Gasteiger partial charge in [-0.05, 0) is 37.6 Å². The third kappa shape index (κ3) is 2.83. The Morgan fingerprint density at radius 1 is 1.27 bits per heavy atom. The van der Waals surface area contributed by atoms with Crippen LogP contribution in [0.1, 0.15) is 12.0 Å². The molecular formula is C13H17NO. The van der Waals surface area contributed by atoms with Crippen LogP contribution in [0.3, 0.4) is 0 Å². The molecular weight excluding hydrogens is 186 g/mol. The molecule has 2 rings (SSSR count). The Balaban J connectivity index is 2.00. The van der Waals surface area contributed by atoms with Gasteiger partial charge in [-0.2, -0.15) is 0 Å². The van der Waals surface area contributed by atoms with E-state index in [2.05, 4.69) is 18.0 Å². The monoisotopic (exact) mass is 203 g/mol. The van der Waals surface area contributed by atoms with Crippen molar-refractivity contribution in [1.82, 2.24) is 4.90 Å². The Hall–Kier alpha value is -1.28. The molecule has 0 spiro atoms. The highest BCUT2D eigenvalue weighted by Crippen LogP contribution is 2.17. The summed E-state index contributed by atoms with van der Waals surface area (Å²) in [6, 6.07) is 7.50. The Morgan fingerprint density at radius 3 is 2.60 bits per heavy atom. The summed E-state index contributed by atoms with van der Waals surface area (Å²) in [5.41, 5.74) is 2.79. The Kier molecular flexibility index (Phi) is 3.07. The fraction of sp³-hybridized carbons (Fsp3) is 0.385. The molecule has 2 heteroatoms. The molecule has 0 saturated heterocycles. The van der Waals surface area contributed by atoms with Crippen LogP contribution in [0, 0.1) is 0 Å². The number of nitrogens with zero attached hydrogens (tertiary/aromatic N) is 1. The molecule has 0 aromatic heterocycles. The van der Waals surface area contributed by atoms with Crippen molar-refractivity contribution < 1.29 is 5.11 Å². The van der Waals surface area contributed by atoms with Gasteiger partial charge in [-0.1, -0.05) is 23.8 Å². The second-order valence-electron chi connectivity index (χ2n) is 4.22. The number of likely N-dealkylation sites (N-methyl/N-ethyl adjacent to an activating group) is 1. The van der Waals surface area contributed by atoms with Gasteiger partial charge in [-0.15, -0.1) is 0 Å². The van der Waals surface area contributed by atoms with E-state index in [1.165, 1.54) is 11.1 Å². The summed E-state index contributed by atoms with van der Waals surface area (Å²) in [5.74, 6) is 0.344. The maximum atomic E-state index is 9.18. The van der Waals surface area contributed by atoms with Gasteiger partial charge in [0.1, 0.15) is 5.75 Å². The summed E-state index contributed by atoms with van der Waals surface area (Å²) in [5, 5.41) is 9.18. The van der Waals surface area contributed by atoms with Crippen LogP contribution in [0.5, 0.6) is 5.75 Å². The largest absolute Gasteiger partial charge is 0.508 e. The minimum atomic E-state index is 0.344. The fourth-order valence-corrected chi connectivity index (χ4v) is 1.85. The molecule has 2 nitrogen and oxygen atoms in total. The van der Waals surface area contributed by atoms with Crippen molar-refractivity contribution >= 4 is 0 Å². The van der Waals surface area contributed by atoms with Crippen LogP contribution in [-0.4, -0.2) is 30.1 Å². The molecule has 0 fully saturated rings. The van der Waals surface area contributed by atoms with E-state index in [1.807, 2.05) is 12.1 Å². The standard InChI is InChI=1S/C13H17NO/c1-14-8-6-12(7-9-14)10-11-2-4-13(15)5-3-11/h2-6,15H,7-10H2,1H3. The third-order valence-corrected chi connectivity index (χ3v) is 2.87. The lowest BCUT2D eigenvalue weighted by Gasteiger charge is -2.21. The summed E-state index contributed by atoms with van der Waals surface area (Å²) in [4.78, 5) is 2.32. The average Bonchev–Trinajstić information content (AvgIpc) is 2.25. The van der Waals surface area contributed by atoms with Gasteiger partial charge in [-0.3, -0.25) is 0 Å². The summed E-state index contributed by atoms with van der Waals surface area (Å²) in [7, 11) is 2.15. The predicted octanol–water partition coefficient (Wildman–Crippen LogP) is 2.20. The first-order chi connectivity index (χ1) is 7.24. The molecule has 80 valence electrons. The summed E-state index contributed by atoms with van der Waals surface area (Å²) in [6.45, 7) is 2.22. The summed E-state index contributed by atoms with van der Waals surface area (Å²) >= 11 is 0. The van der Waals surface area contributed by atoms with Gasteiger partial charge in [0.15, 0.2) is 0 Å². The van der Waals surface area contributed by atoms with Gasteiger partial charge >= 0.3 is 0 Å². The average molecular weight is 203 g/mol. The van der Waals surface area contributed by atoms with E-state index in [0.29, 0.717) is 5.75 Å². The van der Waals surface area contributed by atoms with Crippen LogP contribution in [0.2, 0.25) is 0 Å². The van der Waals surface area contributed by atoms with E-state index < -0.39 is 0 Å². The molecule has 0 radical (unpaired) electrons. The molecule has 15 heavy (non-hydrogen) atoms. The lowest BCUT2D eigenvalue weighted by Crippen LogP contribution is -2.24. The third-order valence-electron chi connectivity index (χ3n) is 2.87. The van der Waals surface area contributed by atoms with Gasteiger partial charge in [0, 0.05) is 13.1 Å². The number of rotatable bonds is 2. The van der Waals surface area contributed by atoms with E-state index in [9.17, 15) is 5.11 Å². The summed E-state index contributed by atoms with van der Waals surface area (Å²) in [6.07, 6.45) is 4.50. The van der Waals surface area contributed by atoms with Crippen molar-refractivity contribution in [3.8, 4) is 5.75 Å². The second-order valence-corrected chi connectivity index (χ2v) is 4.22. The molecule has 0 bridgehead atoms. The zero-order valence-electron chi connectivity index (χ0n) is 9.11. The van der Waals surface area contributed by atoms with E-state index in [4.69, 9.17) is 0 Å². The number of hydrogen-bond acceptors (Lipinski definition) is 2. The predicted molar refractivity (Wildman–Crippen MR) is 62.0 cm³/mol. The van der Waals surface area contributed by atoms with Crippen LogP contribution in [0.4, 0.5) is 0 Å². The van der Waals surface area contributed by atoms with E-state index in [1.54, 1.807) is 12.1 Å². The van der Waals surface area contributed by atoms with Gasteiger partial charge in [-0.25, -0.2) is 0 Å². The number of hydrogen-bond donors (Lipinski definition) is 1. The normalized spacial score (nSPS) is 17.5. The molecule has 1 heterocycles. The van der Waals surface area contributed by atoms with Crippen molar-refractivity contribution in [3.63, 3.8) is 0 Å². The molecule has 1 aromatic carbocycles. The molecule has 0 unspecified atom stereocenters. The zero-order valence-corrected chi connectivity index (χ0v) is 9.11. The van der Waals surface area contributed by atoms with Crippen LogP contribution >= 0.6 is 0 Å². The highest BCUT2D eigenvalue weighted by atomic mass is 16.3. The first-order valence-electron chi connectivity index (χ1n) is 5.38. The van der Waals surface area contributed by atoms with Gasteiger partial charge in [0.05, 0.1) is 0 Å². The van der Waals surface area contributed by atoms with Crippen molar-refractivity contribution in [2.45, 2.75) is 12.8 Å². The number of phenolic OH excluding ortho intramolecular Hbond substituents is 1. The summed E-state index contributed by atoms with van der Waals surface area (Å²) < 4.78 is 0. The topological polar surface area (TPSA) is 23.5 Å². The molecule has 1 aliphatic heterocycles. The highest BCUT2D eigenvalue weighted by molar-refractivity contribution is 5.29.